The Balaban J connectivity index is 2.06. The molecule has 0 saturated carbocycles. The zero-order chi connectivity index (χ0) is 14.5. The standard InChI is InChI=1S/C17H20O3/c1-12(2)4-3-9-20-16-8-7-13-10-15(17(18)19)6-5-14(13)11-16/h5-8,10-12H,3-4,9H2,1-2H3,(H,18,19). The summed E-state index contributed by atoms with van der Waals surface area (Å²) < 4.78 is 5.73. The van der Waals surface area contributed by atoms with Crippen molar-refractivity contribution in [2.75, 3.05) is 6.61 Å². The summed E-state index contributed by atoms with van der Waals surface area (Å²) in [7, 11) is 0. The number of ether oxygens (including phenoxy) is 1. The molecular weight excluding hydrogens is 252 g/mol. The molecule has 0 saturated heterocycles. The molecule has 0 unspecified atom stereocenters. The average Bonchev–Trinajstić information content (AvgIpc) is 2.42. The zero-order valence-corrected chi connectivity index (χ0v) is 11.9. The predicted molar refractivity (Wildman–Crippen MR) is 80.5 cm³/mol. The summed E-state index contributed by atoms with van der Waals surface area (Å²) in [6.45, 7) is 5.13. The van der Waals surface area contributed by atoms with Crippen LogP contribution in [0.2, 0.25) is 0 Å². The van der Waals surface area contributed by atoms with Crippen LogP contribution in [-0.2, 0) is 0 Å². The Morgan fingerprint density at radius 3 is 2.55 bits per heavy atom. The molecule has 3 heteroatoms. The number of carboxylic acid groups (broad SMARTS) is 1. The Morgan fingerprint density at radius 1 is 1.15 bits per heavy atom. The van der Waals surface area contributed by atoms with E-state index < -0.39 is 5.97 Å². The van der Waals surface area contributed by atoms with Crippen molar-refractivity contribution in [2.24, 2.45) is 5.92 Å². The summed E-state index contributed by atoms with van der Waals surface area (Å²) in [5.74, 6) is 0.634. The Bertz CT molecular complexity index is 602. The van der Waals surface area contributed by atoms with E-state index >= 15 is 0 Å². The zero-order valence-electron chi connectivity index (χ0n) is 11.9. The van der Waals surface area contributed by atoms with E-state index in [4.69, 9.17) is 9.84 Å². The maximum Gasteiger partial charge on any atom is 0.335 e. The second kappa shape index (κ2) is 6.42. The largest absolute Gasteiger partial charge is 0.494 e. The van der Waals surface area contributed by atoms with Crippen molar-refractivity contribution in [2.45, 2.75) is 26.7 Å². The molecule has 2 rings (SSSR count). The van der Waals surface area contributed by atoms with Crippen LogP contribution in [0.4, 0.5) is 0 Å². The van der Waals surface area contributed by atoms with Crippen molar-refractivity contribution < 1.29 is 14.6 Å². The number of hydrogen-bond donors (Lipinski definition) is 1. The fourth-order valence-corrected chi connectivity index (χ4v) is 2.13. The number of rotatable bonds is 6. The van der Waals surface area contributed by atoms with Gasteiger partial charge in [-0.2, -0.15) is 0 Å². The van der Waals surface area contributed by atoms with E-state index in [1.807, 2.05) is 24.3 Å². The number of hydrogen-bond acceptors (Lipinski definition) is 2. The van der Waals surface area contributed by atoms with Crippen LogP contribution >= 0.6 is 0 Å². The molecule has 0 aliphatic rings. The average molecular weight is 272 g/mol. The van der Waals surface area contributed by atoms with Gasteiger partial charge in [-0.3, -0.25) is 0 Å². The Labute approximate surface area is 119 Å². The highest BCUT2D eigenvalue weighted by atomic mass is 16.5. The molecule has 0 heterocycles. The molecule has 1 N–H and O–H groups in total. The minimum Gasteiger partial charge on any atom is -0.494 e. The van der Waals surface area contributed by atoms with Gasteiger partial charge < -0.3 is 9.84 Å². The lowest BCUT2D eigenvalue weighted by Crippen LogP contribution is -1.99. The van der Waals surface area contributed by atoms with Gasteiger partial charge in [0.05, 0.1) is 12.2 Å². The van der Waals surface area contributed by atoms with Crippen LogP contribution in [-0.4, -0.2) is 17.7 Å². The minimum absolute atomic E-state index is 0.308. The number of carboxylic acids is 1. The van der Waals surface area contributed by atoms with Crippen LogP contribution in [0.25, 0.3) is 10.8 Å². The van der Waals surface area contributed by atoms with Gasteiger partial charge in [-0.15, -0.1) is 0 Å². The fourth-order valence-electron chi connectivity index (χ4n) is 2.13. The molecule has 20 heavy (non-hydrogen) atoms. The molecule has 0 radical (unpaired) electrons. The topological polar surface area (TPSA) is 46.5 Å². The van der Waals surface area contributed by atoms with Gasteiger partial charge in [-0.05, 0) is 53.8 Å². The lowest BCUT2D eigenvalue weighted by atomic mass is 10.1. The Hall–Kier alpha value is -2.03. The third-order valence-electron chi connectivity index (χ3n) is 3.25. The van der Waals surface area contributed by atoms with E-state index in [0.29, 0.717) is 11.5 Å². The van der Waals surface area contributed by atoms with Crippen LogP contribution in [0.3, 0.4) is 0 Å². The van der Waals surface area contributed by atoms with Crippen molar-refractivity contribution in [1.29, 1.82) is 0 Å². The molecule has 0 amide bonds. The molecule has 0 aromatic heterocycles. The second-order valence-corrected chi connectivity index (χ2v) is 5.41. The van der Waals surface area contributed by atoms with Crippen molar-refractivity contribution in [3.63, 3.8) is 0 Å². The summed E-state index contributed by atoms with van der Waals surface area (Å²) in [5.41, 5.74) is 0.308. The quantitative estimate of drug-likeness (QED) is 0.795. The highest BCUT2D eigenvalue weighted by molar-refractivity contribution is 5.94. The smallest absolute Gasteiger partial charge is 0.335 e. The van der Waals surface area contributed by atoms with E-state index in [1.54, 1.807) is 12.1 Å². The molecule has 0 aliphatic carbocycles. The van der Waals surface area contributed by atoms with E-state index in [1.165, 1.54) is 0 Å². The highest BCUT2D eigenvalue weighted by Crippen LogP contribution is 2.22. The van der Waals surface area contributed by atoms with Crippen LogP contribution < -0.4 is 4.74 Å². The lowest BCUT2D eigenvalue weighted by molar-refractivity contribution is 0.0697. The normalized spacial score (nSPS) is 10.9. The van der Waals surface area contributed by atoms with E-state index in [2.05, 4.69) is 13.8 Å². The molecule has 3 nitrogen and oxygen atoms in total. The lowest BCUT2D eigenvalue weighted by Gasteiger charge is -2.09. The number of aromatic carboxylic acids is 1. The van der Waals surface area contributed by atoms with E-state index in [-0.39, 0.29) is 0 Å². The molecule has 0 fully saturated rings. The van der Waals surface area contributed by atoms with Crippen molar-refractivity contribution >= 4 is 16.7 Å². The monoisotopic (exact) mass is 272 g/mol. The first kappa shape index (κ1) is 14.4. The number of carbonyl (C=O) groups is 1. The van der Waals surface area contributed by atoms with Gasteiger partial charge in [0.1, 0.15) is 5.75 Å². The van der Waals surface area contributed by atoms with Gasteiger partial charge in [-0.1, -0.05) is 26.0 Å². The van der Waals surface area contributed by atoms with Gasteiger partial charge in [-0.25, -0.2) is 4.79 Å². The Morgan fingerprint density at radius 2 is 1.85 bits per heavy atom. The van der Waals surface area contributed by atoms with Gasteiger partial charge in [0.2, 0.25) is 0 Å². The first-order chi connectivity index (χ1) is 9.56. The van der Waals surface area contributed by atoms with Crippen molar-refractivity contribution in [3.05, 3.63) is 42.0 Å². The van der Waals surface area contributed by atoms with E-state index in [9.17, 15) is 4.79 Å². The molecule has 0 spiro atoms. The SMILES string of the molecule is CC(C)CCCOc1ccc2cc(C(=O)O)ccc2c1. The number of benzene rings is 2. The van der Waals surface area contributed by atoms with Crippen molar-refractivity contribution in [3.8, 4) is 5.75 Å². The summed E-state index contributed by atoms with van der Waals surface area (Å²) in [4.78, 5) is 10.9. The fraction of sp³-hybridized carbons (Fsp3) is 0.353. The predicted octanol–water partition coefficient (Wildman–Crippen LogP) is 4.35. The highest BCUT2D eigenvalue weighted by Gasteiger charge is 2.04. The summed E-state index contributed by atoms with van der Waals surface area (Å²) >= 11 is 0. The molecule has 0 atom stereocenters. The molecule has 0 bridgehead atoms. The van der Waals surface area contributed by atoms with Gasteiger partial charge in [0, 0.05) is 0 Å². The van der Waals surface area contributed by atoms with Crippen LogP contribution in [0.5, 0.6) is 5.75 Å². The first-order valence-electron chi connectivity index (χ1n) is 6.96. The maximum absolute atomic E-state index is 10.9. The van der Waals surface area contributed by atoms with Gasteiger partial charge in [0.15, 0.2) is 0 Å². The summed E-state index contributed by atoms with van der Waals surface area (Å²) in [6, 6.07) is 10.9. The summed E-state index contributed by atoms with van der Waals surface area (Å²) in [6.07, 6.45) is 2.21. The number of fused-ring (bicyclic) bond motifs is 1. The van der Waals surface area contributed by atoms with Gasteiger partial charge in [0.25, 0.3) is 0 Å². The van der Waals surface area contributed by atoms with E-state index in [0.717, 1.165) is 36.0 Å². The van der Waals surface area contributed by atoms with Crippen LogP contribution in [0, 0.1) is 5.92 Å². The molecule has 2 aromatic rings. The molecular formula is C17H20O3. The van der Waals surface area contributed by atoms with Crippen molar-refractivity contribution in [1.82, 2.24) is 0 Å². The second-order valence-electron chi connectivity index (χ2n) is 5.41. The minimum atomic E-state index is -0.902. The Kier molecular flexibility index (Phi) is 4.61. The van der Waals surface area contributed by atoms with Gasteiger partial charge >= 0.3 is 5.97 Å². The first-order valence-corrected chi connectivity index (χ1v) is 6.96. The maximum atomic E-state index is 10.9. The third-order valence-corrected chi connectivity index (χ3v) is 3.25. The van der Waals surface area contributed by atoms with Crippen LogP contribution in [0.1, 0.15) is 37.0 Å². The van der Waals surface area contributed by atoms with Crippen LogP contribution in [0.15, 0.2) is 36.4 Å². The molecule has 2 aromatic carbocycles. The summed E-state index contributed by atoms with van der Waals surface area (Å²) in [5, 5.41) is 10.9. The molecule has 106 valence electrons. The molecule has 0 aliphatic heterocycles. The third kappa shape index (κ3) is 3.73.